The smallest absolute Gasteiger partial charge is 0.248 e. The number of likely N-dealkylation sites (N-methyl/N-ethyl adjacent to an activating group) is 1. The summed E-state index contributed by atoms with van der Waals surface area (Å²) in [6.45, 7) is 0.00642. The second-order valence-electron chi connectivity index (χ2n) is 4.76. The van der Waals surface area contributed by atoms with Crippen LogP contribution in [0, 0.1) is 5.82 Å². The lowest BCUT2D eigenvalue weighted by Gasteiger charge is -2.18. The average molecular weight is 347 g/mol. The van der Waals surface area contributed by atoms with Crippen molar-refractivity contribution in [3.63, 3.8) is 0 Å². The third-order valence-electron chi connectivity index (χ3n) is 3.45. The Kier molecular flexibility index (Phi) is 3.59. The number of fused-ring (bicyclic) bond motifs is 1. The third kappa shape index (κ3) is 2.49. The summed E-state index contributed by atoms with van der Waals surface area (Å²) < 4.78 is 15.0. The molecule has 0 fully saturated rings. The summed E-state index contributed by atoms with van der Waals surface area (Å²) in [6.07, 6.45) is 0. The monoisotopic (exact) mass is 346 g/mol. The molecule has 21 heavy (non-hydrogen) atoms. The summed E-state index contributed by atoms with van der Waals surface area (Å²) in [5.41, 5.74) is 2.37. The lowest BCUT2D eigenvalue weighted by molar-refractivity contribution is -0.116. The SMILES string of the molecule is CN1C(=O)CN=C(c2ccccc2F)c2cc(Br)ccc21. The molecular formula is C16H12BrFN2O. The van der Waals surface area contributed by atoms with E-state index in [1.807, 2.05) is 18.2 Å². The first-order chi connectivity index (χ1) is 10.1. The number of aliphatic imine (C=N–C) groups is 1. The average Bonchev–Trinajstić information content (AvgIpc) is 2.59. The molecule has 1 aliphatic rings. The van der Waals surface area contributed by atoms with Crippen molar-refractivity contribution in [3.8, 4) is 0 Å². The number of carbonyl (C=O) groups is 1. The first-order valence-corrected chi connectivity index (χ1v) is 7.23. The number of hydrogen-bond acceptors (Lipinski definition) is 2. The van der Waals surface area contributed by atoms with Gasteiger partial charge in [-0.2, -0.15) is 0 Å². The molecule has 3 rings (SSSR count). The van der Waals surface area contributed by atoms with Crippen molar-refractivity contribution in [2.75, 3.05) is 18.5 Å². The Hall–Kier alpha value is -2.01. The van der Waals surface area contributed by atoms with Gasteiger partial charge in [0, 0.05) is 22.6 Å². The Morgan fingerprint density at radius 1 is 1.19 bits per heavy atom. The number of anilines is 1. The minimum atomic E-state index is -0.348. The molecule has 0 saturated heterocycles. The van der Waals surface area contributed by atoms with Gasteiger partial charge in [0.05, 0.1) is 11.4 Å². The molecule has 2 aromatic rings. The van der Waals surface area contributed by atoms with E-state index in [0.29, 0.717) is 11.3 Å². The van der Waals surface area contributed by atoms with E-state index in [0.717, 1.165) is 15.7 Å². The number of benzene rings is 2. The molecule has 0 saturated carbocycles. The fourth-order valence-corrected chi connectivity index (χ4v) is 2.71. The van der Waals surface area contributed by atoms with E-state index in [1.54, 1.807) is 30.1 Å². The Morgan fingerprint density at radius 2 is 1.95 bits per heavy atom. The van der Waals surface area contributed by atoms with Crippen LogP contribution >= 0.6 is 15.9 Å². The van der Waals surface area contributed by atoms with Crippen LogP contribution in [0.2, 0.25) is 0 Å². The molecule has 0 bridgehead atoms. The molecule has 0 radical (unpaired) electrons. The number of benzodiazepines with no additional fused rings is 1. The minimum Gasteiger partial charge on any atom is -0.313 e. The van der Waals surface area contributed by atoms with Crippen LogP contribution in [-0.4, -0.2) is 25.2 Å². The largest absolute Gasteiger partial charge is 0.313 e. The molecule has 2 aromatic carbocycles. The van der Waals surface area contributed by atoms with Crippen molar-refractivity contribution in [1.29, 1.82) is 0 Å². The highest BCUT2D eigenvalue weighted by atomic mass is 79.9. The van der Waals surface area contributed by atoms with E-state index >= 15 is 0 Å². The summed E-state index contributed by atoms with van der Waals surface area (Å²) in [7, 11) is 1.70. The molecule has 0 unspecified atom stereocenters. The lowest BCUT2D eigenvalue weighted by Crippen LogP contribution is -2.27. The van der Waals surface area contributed by atoms with Gasteiger partial charge in [0.25, 0.3) is 0 Å². The maximum atomic E-state index is 14.1. The predicted molar refractivity (Wildman–Crippen MR) is 84.5 cm³/mol. The molecule has 1 heterocycles. The van der Waals surface area contributed by atoms with Gasteiger partial charge in [-0.3, -0.25) is 9.79 Å². The normalized spacial score (nSPS) is 14.5. The van der Waals surface area contributed by atoms with Crippen LogP contribution in [0.25, 0.3) is 0 Å². The number of hydrogen-bond donors (Lipinski definition) is 0. The standard InChI is InChI=1S/C16H12BrFN2O/c1-20-14-7-6-10(17)8-12(14)16(19-9-15(20)21)11-4-2-3-5-13(11)18/h2-8H,9H2,1H3. The van der Waals surface area contributed by atoms with Crippen molar-refractivity contribution in [3.05, 3.63) is 63.9 Å². The van der Waals surface area contributed by atoms with E-state index in [1.165, 1.54) is 6.07 Å². The van der Waals surface area contributed by atoms with E-state index < -0.39 is 0 Å². The van der Waals surface area contributed by atoms with Gasteiger partial charge in [0.15, 0.2) is 0 Å². The highest BCUT2D eigenvalue weighted by Gasteiger charge is 2.23. The molecule has 106 valence electrons. The van der Waals surface area contributed by atoms with Crippen LogP contribution in [-0.2, 0) is 4.79 Å². The minimum absolute atomic E-state index is 0.00642. The predicted octanol–water partition coefficient (Wildman–Crippen LogP) is 3.40. The van der Waals surface area contributed by atoms with Crippen molar-refractivity contribution < 1.29 is 9.18 Å². The highest BCUT2D eigenvalue weighted by molar-refractivity contribution is 9.10. The van der Waals surface area contributed by atoms with Crippen LogP contribution in [0.1, 0.15) is 11.1 Å². The fourth-order valence-electron chi connectivity index (χ4n) is 2.35. The molecule has 5 heteroatoms. The van der Waals surface area contributed by atoms with Gasteiger partial charge in [0.1, 0.15) is 12.4 Å². The Morgan fingerprint density at radius 3 is 2.71 bits per heavy atom. The molecule has 0 atom stereocenters. The van der Waals surface area contributed by atoms with Crippen molar-refractivity contribution in [2.45, 2.75) is 0 Å². The van der Waals surface area contributed by atoms with Gasteiger partial charge in [-0.25, -0.2) is 4.39 Å². The van der Waals surface area contributed by atoms with Crippen molar-refractivity contribution in [1.82, 2.24) is 0 Å². The number of carbonyl (C=O) groups excluding carboxylic acids is 1. The molecular weight excluding hydrogens is 335 g/mol. The summed E-state index contributed by atoms with van der Waals surface area (Å²) in [5.74, 6) is -0.468. The summed E-state index contributed by atoms with van der Waals surface area (Å²) in [4.78, 5) is 17.9. The van der Waals surface area contributed by atoms with Crippen LogP contribution < -0.4 is 4.90 Å². The zero-order valence-electron chi connectivity index (χ0n) is 11.3. The second-order valence-corrected chi connectivity index (χ2v) is 5.67. The zero-order valence-corrected chi connectivity index (χ0v) is 12.9. The molecule has 1 amide bonds. The topological polar surface area (TPSA) is 32.7 Å². The third-order valence-corrected chi connectivity index (χ3v) is 3.94. The summed E-state index contributed by atoms with van der Waals surface area (Å²) >= 11 is 3.42. The van der Waals surface area contributed by atoms with Gasteiger partial charge in [-0.15, -0.1) is 0 Å². The Bertz CT molecular complexity index is 758. The zero-order chi connectivity index (χ0) is 15.0. The number of nitrogens with zero attached hydrogens (tertiary/aromatic N) is 2. The van der Waals surface area contributed by atoms with Crippen molar-refractivity contribution >= 4 is 33.2 Å². The summed E-state index contributed by atoms with van der Waals surface area (Å²) in [5, 5.41) is 0. The lowest BCUT2D eigenvalue weighted by atomic mass is 10.00. The molecule has 0 spiro atoms. The van der Waals surface area contributed by atoms with Crippen LogP contribution in [0.5, 0.6) is 0 Å². The van der Waals surface area contributed by atoms with Gasteiger partial charge < -0.3 is 4.90 Å². The fraction of sp³-hybridized carbons (Fsp3) is 0.125. The van der Waals surface area contributed by atoms with Crippen LogP contribution in [0.15, 0.2) is 51.9 Å². The summed E-state index contributed by atoms with van der Waals surface area (Å²) in [6, 6.07) is 12.0. The van der Waals surface area contributed by atoms with E-state index in [-0.39, 0.29) is 18.3 Å². The number of amides is 1. The van der Waals surface area contributed by atoms with Crippen LogP contribution in [0.4, 0.5) is 10.1 Å². The Balaban J connectivity index is 2.26. The van der Waals surface area contributed by atoms with Gasteiger partial charge >= 0.3 is 0 Å². The number of halogens is 2. The van der Waals surface area contributed by atoms with Crippen molar-refractivity contribution in [2.24, 2.45) is 4.99 Å². The van der Waals surface area contributed by atoms with Gasteiger partial charge in [0.2, 0.25) is 5.91 Å². The van der Waals surface area contributed by atoms with Crippen LogP contribution in [0.3, 0.4) is 0 Å². The molecule has 0 aromatic heterocycles. The van der Waals surface area contributed by atoms with E-state index in [4.69, 9.17) is 0 Å². The maximum absolute atomic E-state index is 14.1. The first-order valence-electron chi connectivity index (χ1n) is 6.44. The van der Waals surface area contributed by atoms with E-state index in [2.05, 4.69) is 20.9 Å². The maximum Gasteiger partial charge on any atom is 0.248 e. The van der Waals surface area contributed by atoms with Gasteiger partial charge in [-0.05, 0) is 30.3 Å². The van der Waals surface area contributed by atoms with E-state index in [9.17, 15) is 9.18 Å². The van der Waals surface area contributed by atoms with Gasteiger partial charge in [-0.1, -0.05) is 28.1 Å². The quantitative estimate of drug-likeness (QED) is 0.778. The first kappa shape index (κ1) is 13.9. The highest BCUT2D eigenvalue weighted by Crippen LogP contribution is 2.29. The number of rotatable bonds is 1. The molecule has 0 N–H and O–H groups in total. The molecule has 0 aliphatic carbocycles. The molecule has 3 nitrogen and oxygen atoms in total. The molecule has 1 aliphatic heterocycles. The second kappa shape index (κ2) is 5.41. The Labute approximate surface area is 130 Å².